The zero-order chi connectivity index (χ0) is 14.3. The maximum Gasteiger partial charge on any atom is 0.0897 e. The Morgan fingerprint density at radius 1 is 1.26 bits per heavy atom. The predicted molar refractivity (Wildman–Crippen MR) is 79.4 cm³/mol. The maximum absolute atomic E-state index is 9.97. The van der Waals surface area contributed by atoms with E-state index in [-0.39, 0.29) is 0 Å². The van der Waals surface area contributed by atoms with E-state index in [0.717, 1.165) is 19.4 Å². The van der Waals surface area contributed by atoms with Crippen molar-refractivity contribution < 1.29 is 9.84 Å². The molecule has 2 unspecified atom stereocenters. The number of aliphatic hydroxyl groups excluding tert-OH is 1. The van der Waals surface area contributed by atoms with E-state index in [2.05, 4.69) is 38.2 Å². The van der Waals surface area contributed by atoms with Gasteiger partial charge in [-0.2, -0.15) is 0 Å². The molecule has 1 aliphatic carbocycles. The highest BCUT2D eigenvalue weighted by atomic mass is 16.5. The van der Waals surface area contributed by atoms with Gasteiger partial charge in [0.25, 0.3) is 0 Å². The van der Waals surface area contributed by atoms with E-state index in [4.69, 9.17) is 4.74 Å². The first-order valence-electron chi connectivity index (χ1n) is 7.66. The van der Waals surface area contributed by atoms with Crippen molar-refractivity contribution in [3.05, 3.63) is 0 Å². The van der Waals surface area contributed by atoms with Crippen LogP contribution < -0.4 is 5.32 Å². The summed E-state index contributed by atoms with van der Waals surface area (Å²) in [4.78, 5) is 2.18. The van der Waals surface area contributed by atoms with Crippen LogP contribution in [0.2, 0.25) is 0 Å². The average molecular weight is 272 g/mol. The SMILES string of the molecule is CC(C)C(CN(C)C)NCC(O)COC1CCCC1. The number of ether oxygens (including phenoxy) is 1. The lowest BCUT2D eigenvalue weighted by molar-refractivity contribution is -0.00693. The Morgan fingerprint density at radius 2 is 1.89 bits per heavy atom. The molecule has 2 N–H and O–H groups in total. The number of likely N-dealkylation sites (N-methyl/N-ethyl adjacent to an activating group) is 1. The van der Waals surface area contributed by atoms with Crippen LogP contribution in [0.1, 0.15) is 39.5 Å². The molecule has 0 bridgehead atoms. The topological polar surface area (TPSA) is 44.7 Å². The van der Waals surface area contributed by atoms with Crippen molar-refractivity contribution in [3.8, 4) is 0 Å². The molecule has 0 radical (unpaired) electrons. The van der Waals surface area contributed by atoms with Gasteiger partial charge in [-0.3, -0.25) is 0 Å². The van der Waals surface area contributed by atoms with Crippen LogP contribution in [-0.4, -0.2) is 62.0 Å². The number of hydrogen-bond acceptors (Lipinski definition) is 4. The molecule has 0 aromatic carbocycles. The zero-order valence-electron chi connectivity index (χ0n) is 13.1. The predicted octanol–water partition coefficient (Wildman–Crippen LogP) is 1.48. The van der Waals surface area contributed by atoms with Crippen molar-refractivity contribution in [3.63, 3.8) is 0 Å². The Morgan fingerprint density at radius 3 is 2.42 bits per heavy atom. The third kappa shape index (κ3) is 7.25. The Hall–Kier alpha value is -0.160. The smallest absolute Gasteiger partial charge is 0.0897 e. The molecular formula is C15H32N2O2. The van der Waals surface area contributed by atoms with Crippen molar-refractivity contribution in [1.82, 2.24) is 10.2 Å². The lowest BCUT2D eigenvalue weighted by Gasteiger charge is -2.27. The van der Waals surface area contributed by atoms with Gasteiger partial charge in [-0.15, -0.1) is 0 Å². The fourth-order valence-corrected chi connectivity index (χ4v) is 2.55. The van der Waals surface area contributed by atoms with Crippen LogP contribution in [0.3, 0.4) is 0 Å². The fraction of sp³-hybridized carbons (Fsp3) is 1.00. The van der Waals surface area contributed by atoms with E-state index < -0.39 is 6.10 Å². The summed E-state index contributed by atoms with van der Waals surface area (Å²) in [7, 11) is 4.16. The summed E-state index contributed by atoms with van der Waals surface area (Å²) in [5.74, 6) is 0.561. The van der Waals surface area contributed by atoms with Gasteiger partial charge in [0.1, 0.15) is 0 Å². The van der Waals surface area contributed by atoms with E-state index in [9.17, 15) is 5.11 Å². The summed E-state index contributed by atoms with van der Waals surface area (Å²) in [5.41, 5.74) is 0. The number of hydrogen-bond donors (Lipinski definition) is 2. The second-order valence-corrected chi connectivity index (χ2v) is 6.41. The zero-order valence-corrected chi connectivity index (χ0v) is 13.1. The van der Waals surface area contributed by atoms with Crippen molar-refractivity contribution in [2.24, 2.45) is 5.92 Å². The van der Waals surface area contributed by atoms with Crippen LogP contribution in [0.4, 0.5) is 0 Å². The first-order chi connectivity index (χ1) is 8.99. The van der Waals surface area contributed by atoms with Gasteiger partial charge >= 0.3 is 0 Å². The molecule has 1 saturated carbocycles. The van der Waals surface area contributed by atoms with E-state index in [0.29, 0.717) is 31.2 Å². The molecule has 0 aliphatic heterocycles. The van der Waals surface area contributed by atoms with Crippen molar-refractivity contribution in [1.29, 1.82) is 0 Å². The summed E-state index contributed by atoms with van der Waals surface area (Å²) in [5, 5.41) is 13.4. The van der Waals surface area contributed by atoms with Gasteiger partial charge < -0.3 is 20.1 Å². The fourth-order valence-electron chi connectivity index (χ4n) is 2.55. The van der Waals surface area contributed by atoms with E-state index in [1.54, 1.807) is 0 Å². The number of aliphatic hydroxyl groups is 1. The molecule has 4 heteroatoms. The largest absolute Gasteiger partial charge is 0.389 e. The minimum absolute atomic E-state index is 0.386. The molecule has 0 aromatic heterocycles. The average Bonchev–Trinajstić information content (AvgIpc) is 2.84. The van der Waals surface area contributed by atoms with Gasteiger partial charge in [0.15, 0.2) is 0 Å². The molecule has 0 heterocycles. The summed E-state index contributed by atoms with van der Waals surface area (Å²) < 4.78 is 5.74. The molecule has 0 amide bonds. The summed E-state index contributed by atoms with van der Waals surface area (Å²) in [6.07, 6.45) is 4.86. The number of nitrogens with one attached hydrogen (secondary N) is 1. The van der Waals surface area contributed by atoms with Crippen LogP contribution in [-0.2, 0) is 4.74 Å². The molecule has 114 valence electrons. The second-order valence-electron chi connectivity index (χ2n) is 6.41. The van der Waals surface area contributed by atoms with Crippen LogP contribution in [0.5, 0.6) is 0 Å². The molecule has 1 aliphatic rings. The summed E-state index contributed by atoms with van der Waals surface area (Å²) in [6, 6.07) is 0.413. The minimum atomic E-state index is -0.399. The highest BCUT2D eigenvalue weighted by molar-refractivity contribution is 4.75. The first kappa shape index (κ1) is 16.9. The Labute approximate surface area is 118 Å². The Bertz CT molecular complexity index is 228. The van der Waals surface area contributed by atoms with E-state index >= 15 is 0 Å². The van der Waals surface area contributed by atoms with Crippen LogP contribution in [0.15, 0.2) is 0 Å². The summed E-state index contributed by atoms with van der Waals surface area (Å²) >= 11 is 0. The van der Waals surface area contributed by atoms with E-state index in [1.807, 2.05) is 0 Å². The van der Waals surface area contributed by atoms with Gasteiger partial charge in [-0.25, -0.2) is 0 Å². The molecule has 0 spiro atoms. The van der Waals surface area contributed by atoms with Crippen LogP contribution >= 0.6 is 0 Å². The molecule has 0 aromatic rings. The van der Waals surface area contributed by atoms with Gasteiger partial charge in [-0.05, 0) is 32.9 Å². The van der Waals surface area contributed by atoms with Crippen LogP contribution in [0, 0.1) is 5.92 Å². The third-order valence-electron chi connectivity index (χ3n) is 3.81. The molecular weight excluding hydrogens is 240 g/mol. The van der Waals surface area contributed by atoms with Crippen LogP contribution in [0.25, 0.3) is 0 Å². The first-order valence-corrected chi connectivity index (χ1v) is 7.66. The molecule has 2 atom stereocenters. The van der Waals surface area contributed by atoms with Crippen molar-refractivity contribution >= 4 is 0 Å². The van der Waals surface area contributed by atoms with Crippen molar-refractivity contribution in [2.75, 3.05) is 33.8 Å². The third-order valence-corrected chi connectivity index (χ3v) is 3.81. The van der Waals surface area contributed by atoms with Crippen molar-refractivity contribution in [2.45, 2.75) is 57.8 Å². The molecule has 19 heavy (non-hydrogen) atoms. The van der Waals surface area contributed by atoms with Gasteiger partial charge in [0, 0.05) is 19.1 Å². The molecule has 1 rings (SSSR count). The second kappa shape index (κ2) is 8.90. The Balaban J connectivity index is 2.17. The quantitative estimate of drug-likeness (QED) is 0.667. The van der Waals surface area contributed by atoms with Gasteiger partial charge in [0.05, 0.1) is 18.8 Å². The minimum Gasteiger partial charge on any atom is -0.389 e. The molecule has 0 saturated heterocycles. The molecule has 1 fully saturated rings. The normalized spacial score (nSPS) is 20.4. The Kier molecular flexibility index (Phi) is 7.91. The number of nitrogens with zero attached hydrogens (tertiary/aromatic N) is 1. The van der Waals surface area contributed by atoms with Gasteiger partial charge in [0.2, 0.25) is 0 Å². The number of rotatable bonds is 9. The maximum atomic E-state index is 9.97. The lowest BCUT2D eigenvalue weighted by atomic mass is 10.0. The standard InChI is InChI=1S/C15H32N2O2/c1-12(2)15(10-17(3)4)16-9-13(18)11-19-14-7-5-6-8-14/h12-16,18H,5-11H2,1-4H3. The van der Waals surface area contributed by atoms with E-state index in [1.165, 1.54) is 12.8 Å². The highest BCUT2D eigenvalue weighted by Gasteiger charge is 2.18. The monoisotopic (exact) mass is 272 g/mol. The molecule has 4 nitrogen and oxygen atoms in total. The summed E-state index contributed by atoms with van der Waals surface area (Å²) in [6.45, 7) is 6.49. The highest BCUT2D eigenvalue weighted by Crippen LogP contribution is 2.20. The lowest BCUT2D eigenvalue weighted by Crippen LogP contribution is -2.45. The van der Waals surface area contributed by atoms with Gasteiger partial charge in [-0.1, -0.05) is 26.7 Å².